The topological polar surface area (TPSA) is 77.4 Å². The van der Waals surface area contributed by atoms with Gasteiger partial charge in [0.1, 0.15) is 24.4 Å². The number of hydrogen-bond donors (Lipinski definition) is 2. The molecule has 0 aliphatic carbocycles. The summed E-state index contributed by atoms with van der Waals surface area (Å²) in [6.45, 7) is -0.543. The molecule has 2 aliphatic rings. The first kappa shape index (κ1) is 20.1. The van der Waals surface area contributed by atoms with Gasteiger partial charge in [0.05, 0.1) is 13.2 Å². The second-order valence-corrected chi connectivity index (χ2v) is 7.68. The molecule has 0 amide bonds. The number of aliphatic hydroxyl groups is 2. The van der Waals surface area contributed by atoms with Crippen LogP contribution in [0.2, 0.25) is 0 Å². The lowest BCUT2D eigenvalue weighted by Crippen LogP contribution is -2.47. The minimum atomic E-state index is -1.67. The third kappa shape index (κ3) is 3.67. The Morgan fingerprint density at radius 3 is 2.04 bits per heavy atom. The van der Waals surface area contributed by atoms with Crippen LogP contribution in [0, 0.1) is 0 Å². The number of rotatable bonds is 4. The molecule has 0 saturated carbocycles. The summed E-state index contributed by atoms with van der Waals surface area (Å²) in [5, 5.41) is 16.7. The Morgan fingerprint density at radius 1 is 0.893 bits per heavy atom. The monoisotopic (exact) mass is 426 g/mol. The molecule has 0 aromatic heterocycles. The number of hydrogen-bond acceptors (Lipinski definition) is 6. The van der Waals surface area contributed by atoms with Gasteiger partial charge in [-0.25, -0.2) is 0 Å². The average molecular weight is 427 g/mol. The maximum Gasteiger partial charge on any atom is 0.277 e. The standard InChI is InChI=1S/C20H20Cl2O6/c21-19(13-7-3-1-4-8-13)25-12-16-18(17(27-19)15(24)11-23)28-20(22,26-16)14-9-5-2-6-10-14/h1-10,15-18,23-24H,11-12H2/t15-,16+,17+,18+,19?,20?/m1/s1. The van der Waals surface area contributed by atoms with E-state index in [-0.39, 0.29) is 6.61 Å². The van der Waals surface area contributed by atoms with E-state index < -0.39 is 41.5 Å². The molecule has 2 saturated heterocycles. The van der Waals surface area contributed by atoms with E-state index in [2.05, 4.69) is 0 Å². The molecule has 2 heterocycles. The number of alkyl halides is 2. The van der Waals surface area contributed by atoms with Gasteiger partial charge in [-0.3, -0.25) is 0 Å². The van der Waals surface area contributed by atoms with Crippen molar-refractivity contribution in [3.8, 4) is 0 Å². The maximum atomic E-state index is 10.4. The molecule has 0 spiro atoms. The Bertz CT molecular complexity index is 794. The first-order valence-electron chi connectivity index (χ1n) is 8.90. The van der Waals surface area contributed by atoms with E-state index in [1.165, 1.54) is 0 Å². The lowest BCUT2D eigenvalue weighted by Gasteiger charge is -2.33. The fraction of sp³-hybridized carbons (Fsp3) is 0.400. The highest BCUT2D eigenvalue weighted by molar-refractivity contribution is 6.22. The zero-order valence-corrected chi connectivity index (χ0v) is 16.3. The molecule has 0 radical (unpaired) electrons. The van der Waals surface area contributed by atoms with Gasteiger partial charge in [0.2, 0.25) is 0 Å². The van der Waals surface area contributed by atoms with Crippen LogP contribution in [-0.4, -0.2) is 47.8 Å². The van der Waals surface area contributed by atoms with Gasteiger partial charge in [-0.15, -0.1) is 0 Å². The third-order valence-electron chi connectivity index (χ3n) is 4.81. The van der Waals surface area contributed by atoms with Crippen molar-refractivity contribution >= 4 is 23.2 Å². The van der Waals surface area contributed by atoms with Crippen LogP contribution in [0.25, 0.3) is 0 Å². The Balaban J connectivity index is 1.65. The number of ether oxygens (including phenoxy) is 4. The maximum absolute atomic E-state index is 10.4. The minimum absolute atomic E-state index is 0.0129. The molecular formula is C20H20Cl2O6. The normalized spacial score (nSPS) is 36.5. The van der Waals surface area contributed by atoms with Crippen LogP contribution in [-0.2, 0) is 29.4 Å². The first-order chi connectivity index (χ1) is 13.5. The highest BCUT2D eigenvalue weighted by Crippen LogP contribution is 2.47. The van der Waals surface area contributed by atoms with Crippen molar-refractivity contribution < 1.29 is 29.2 Å². The number of aliphatic hydroxyl groups excluding tert-OH is 2. The number of benzene rings is 2. The second-order valence-electron chi connectivity index (χ2n) is 6.69. The van der Waals surface area contributed by atoms with E-state index in [9.17, 15) is 10.2 Å². The zero-order chi connectivity index (χ0) is 19.8. The van der Waals surface area contributed by atoms with Gasteiger partial charge in [-0.05, 0) is 0 Å². The molecule has 2 aliphatic heterocycles. The summed E-state index contributed by atoms with van der Waals surface area (Å²) in [5.74, 6) is 0. The molecule has 2 unspecified atom stereocenters. The predicted molar refractivity (Wildman–Crippen MR) is 102 cm³/mol. The Labute approximate surface area is 172 Å². The molecule has 4 rings (SSSR count). The molecule has 2 N–H and O–H groups in total. The van der Waals surface area contributed by atoms with E-state index >= 15 is 0 Å². The van der Waals surface area contributed by atoms with Crippen LogP contribution >= 0.6 is 23.2 Å². The van der Waals surface area contributed by atoms with Gasteiger partial charge in [-0.2, -0.15) is 0 Å². The molecule has 150 valence electrons. The third-order valence-corrected chi connectivity index (χ3v) is 5.62. The summed E-state index contributed by atoms with van der Waals surface area (Å²) in [4.78, 5) is 0. The SMILES string of the molecule is OC[C@@H](O)[C@@H]1OC(Cl)(c2ccccc2)OC[C@@H]2OC(Cl)(c3ccccc3)O[C@H]12. The Morgan fingerprint density at radius 2 is 1.46 bits per heavy atom. The van der Waals surface area contributed by atoms with Crippen molar-refractivity contribution in [2.75, 3.05) is 13.2 Å². The summed E-state index contributed by atoms with van der Waals surface area (Å²) in [6.07, 6.45) is -3.81. The smallest absolute Gasteiger partial charge is 0.277 e. The average Bonchev–Trinajstić information content (AvgIpc) is 3.02. The first-order valence-corrected chi connectivity index (χ1v) is 9.66. The summed E-state index contributed by atoms with van der Waals surface area (Å²) < 4.78 is 23.7. The molecule has 28 heavy (non-hydrogen) atoms. The number of halogens is 2. The minimum Gasteiger partial charge on any atom is -0.394 e. The molecule has 2 aromatic rings. The Hall–Kier alpha value is -1.22. The quantitative estimate of drug-likeness (QED) is 0.731. The molecule has 0 bridgehead atoms. The fourth-order valence-electron chi connectivity index (χ4n) is 3.38. The van der Waals surface area contributed by atoms with Crippen LogP contribution in [0.1, 0.15) is 11.1 Å². The highest BCUT2D eigenvalue weighted by Gasteiger charge is 2.56. The van der Waals surface area contributed by atoms with Crippen molar-refractivity contribution in [2.45, 2.75) is 34.9 Å². The van der Waals surface area contributed by atoms with E-state index in [0.29, 0.717) is 11.1 Å². The van der Waals surface area contributed by atoms with Gasteiger partial charge in [-0.1, -0.05) is 83.9 Å². The van der Waals surface area contributed by atoms with Crippen molar-refractivity contribution in [2.24, 2.45) is 0 Å². The molecule has 2 fully saturated rings. The van der Waals surface area contributed by atoms with Crippen LogP contribution in [0.15, 0.2) is 60.7 Å². The summed E-state index contributed by atoms with van der Waals surface area (Å²) in [5.41, 5.74) is 1.15. The summed E-state index contributed by atoms with van der Waals surface area (Å²) in [6, 6.07) is 17.9. The van der Waals surface area contributed by atoms with Gasteiger partial charge < -0.3 is 29.2 Å². The number of fused-ring (bicyclic) bond motifs is 1. The molecule has 2 aromatic carbocycles. The van der Waals surface area contributed by atoms with Crippen molar-refractivity contribution in [1.82, 2.24) is 0 Å². The van der Waals surface area contributed by atoms with Crippen molar-refractivity contribution in [3.63, 3.8) is 0 Å². The van der Waals surface area contributed by atoms with E-state index in [0.717, 1.165) is 0 Å². The van der Waals surface area contributed by atoms with E-state index in [1.54, 1.807) is 36.4 Å². The van der Waals surface area contributed by atoms with Crippen molar-refractivity contribution in [3.05, 3.63) is 71.8 Å². The van der Waals surface area contributed by atoms with Crippen LogP contribution in [0.3, 0.4) is 0 Å². The van der Waals surface area contributed by atoms with E-state index in [1.807, 2.05) is 24.3 Å². The second kappa shape index (κ2) is 7.89. The van der Waals surface area contributed by atoms with Crippen molar-refractivity contribution in [1.29, 1.82) is 0 Å². The van der Waals surface area contributed by atoms with E-state index in [4.69, 9.17) is 42.1 Å². The predicted octanol–water partition coefficient (Wildman–Crippen LogP) is 2.64. The van der Waals surface area contributed by atoms with Gasteiger partial charge in [0.15, 0.2) is 0 Å². The Kier molecular flexibility index (Phi) is 5.66. The van der Waals surface area contributed by atoms with Gasteiger partial charge in [0, 0.05) is 11.1 Å². The summed E-state index contributed by atoms with van der Waals surface area (Å²) >= 11 is 13.2. The highest BCUT2D eigenvalue weighted by atomic mass is 35.5. The largest absolute Gasteiger partial charge is 0.394 e. The molecule has 6 atom stereocenters. The zero-order valence-electron chi connectivity index (χ0n) is 14.8. The van der Waals surface area contributed by atoms with Crippen LogP contribution < -0.4 is 0 Å². The van der Waals surface area contributed by atoms with Gasteiger partial charge >= 0.3 is 0 Å². The molecule has 8 heteroatoms. The lowest BCUT2D eigenvalue weighted by molar-refractivity contribution is -0.247. The van der Waals surface area contributed by atoms with Crippen LogP contribution in [0.4, 0.5) is 0 Å². The van der Waals surface area contributed by atoms with Gasteiger partial charge in [0.25, 0.3) is 10.5 Å². The fourth-order valence-corrected chi connectivity index (χ4v) is 4.01. The summed E-state index contributed by atoms with van der Waals surface area (Å²) in [7, 11) is 0. The molecular weight excluding hydrogens is 407 g/mol. The van der Waals surface area contributed by atoms with Crippen LogP contribution in [0.5, 0.6) is 0 Å². The lowest BCUT2D eigenvalue weighted by atomic mass is 10.0. The molecule has 6 nitrogen and oxygen atoms in total.